The van der Waals surface area contributed by atoms with Crippen LogP contribution in [0, 0.1) is 11.3 Å². The lowest BCUT2D eigenvalue weighted by atomic mass is 9.94. The van der Waals surface area contributed by atoms with Gasteiger partial charge in [0.25, 0.3) is 0 Å². The van der Waals surface area contributed by atoms with Crippen LogP contribution in [0.1, 0.15) is 33.6 Å². The molecule has 2 amide bonds. The lowest BCUT2D eigenvalue weighted by Crippen LogP contribution is -2.42. The predicted octanol–water partition coefficient (Wildman–Crippen LogP) is 2.04. The lowest BCUT2D eigenvalue weighted by Gasteiger charge is -2.26. The molecule has 0 N–H and O–H groups in total. The second-order valence-corrected chi connectivity index (χ2v) is 5.07. The van der Waals surface area contributed by atoms with Gasteiger partial charge >= 0.3 is 0 Å². The number of hydrogen-bond donors (Lipinski definition) is 0. The van der Waals surface area contributed by atoms with E-state index in [2.05, 4.69) is 0 Å². The number of rotatable bonds is 3. The number of hydrogen-bond acceptors (Lipinski definition) is 2. The second kappa shape index (κ2) is 4.52. The van der Waals surface area contributed by atoms with Crippen LogP contribution in [0.3, 0.4) is 0 Å². The van der Waals surface area contributed by atoms with Gasteiger partial charge < -0.3 is 0 Å². The molecule has 1 fully saturated rings. The van der Waals surface area contributed by atoms with Crippen molar-refractivity contribution in [2.45, 2.75) is 33.6 Å². The van der Waals surface area contributed by atoms with Gasteiger partial charge in [0.2, 0.25) is 11.8 Å². The third kappa shape index (κ3) is 2.51. The Morgan fingerprint density at radius 3 is 2.60 bits per heavy atom. The summed E-state index contributed by atoms with van der Waals surface area (Å²) in [6.07, 6.45) is 1.44. The maximum Gasteiger partial charge on any atom is 0.236 e. The molecule has 0 spiro atoms. The van der Waals surface area contributed by atoms with Crippen molar-refractivity contribution >= 4 is 23.4 Å². The molecule has 1 heterocycles. The third-order valence-electron chi connectivity index (χ3n) is 2.94. The first kappa shape index (κ1) is 12.5. The van der Waals surface area contributed by atoms with Crippen molar-refractivity contribution in [1.82, 2.24) is 4.90 Å². The van der Waals surface area contributed by atoms with Gasteiger partial charge in [0.15, 0.2) is 0 Å². The molecule has 1 saturated heterocycles. The van der Waals surface area contributed by atoms with E-state index in [1.165, 1.54) is 4.90 Å². The van der Waals surface area contributed by atoms with Gasteiger partial charge in [-0.05, 0) is 19.8 Å². The van der Waals surface area contributed by atoms with Crippen LogP contribution in [0.2, 0.25) is 0 Å². The van der Waals surface area contributed by atoms with E-state index in [1.807, 2.05) is 6.92 Å². The molecule has 0 aromatic rings. The Bertz CT molecular complexity index is 276. The highest BCUT2D eigenvalue weighted by Crippen LogP contribution is 2.27. The molecule has 1 atom stereocenters. The smallest absolute Gasteiger partial charge is 0.236 e. The molecular weight excluding hydrogens is 214 g/mol. The number of nitrogens with zero attached hydrogens (tertiary/aromatic N) is 1. The number of carbonyl (C=O) groups is 2. The van der Waals surface area contributed by atoms with Gasteiger partial charge in [-0.15, -0.1) is 11.6 Å². The van der Waals surface area contributed by atoms with E-state index in [4.69, 9.17) is 11.6 Å². The van der Waals surface area contributed by atoms with Crippen LogP contribution in [0.25, 0.3) is 0 Å². The first-order valence-electron chi connectivity index (χ1n) is 5.33. The Hall–Kier alpha value is -0.570. The van der Waals surface area contributed by atoms with Gasteiger partial charge in [-0.2, -0.15) is 0 Å². The Labute approximate surface area is 95.8 Å². The van der Waals surface area contributed by atoms with Gasteiger partial charge in [0.05, 0.1) is 5.41 Å². The normalized spacial score (nSPS) is 22.3. The number of alkyl halides is 1. The standard InChI is InChI=1S/C11H18ClNO2/c1-4-8-5-9(14)13(6-8)10(15)11(2,3)7-12/h8H,4-7H2,1-3H3. The fraction of sp³-hybridized carbons (Fsp3) is 0.818. The zero-order chi connectivity index (χ0) is 11.6. The molecule has 0 aromatic carbocycles. The van der Waals surface area contributed by atoms with Crippen molar-refractivity contribution in [3.8, 4) is 0 Å². The van der Waals surface area contributed by atoms with Gasteiger partial charge in [-0.3, -0.25) is 14.5 Å². The van der Waals surface area contributed by atoms with Crippen LogP contribution < -0.4 is 0 Å². The van der Waals surface area contributed by atoms with Crippen molar-refractivity contribution < 1.29 is 9.59 Å². The van der Waals surface area contributed by atoms with Crippen LogP contribution in [0.5, 0.6) is 0 Å². The van der Waals surface area contributed by atoms with Gasteiger partial charge in [0.1, 0.15) is 0 Å². The summed E-state index contributed by atoms with van der Waals surface area (Å²) in [4.78, 5) is 25.0. The summed E-state index contributed by atoms with van der Waals surface area (Å²) in [5, 5.41) is 0. The molecule has 4 heteroatoms. The summed E-state index contributed by atoms with van der Waals surface area (Å²) < 4.78 is 0. The molecule has 0 bridgehead atoms. The number of amides is 2. The van der Waals surface area contributed by atoms with Crippen molar-refractivity contribution in [2.24, 2.45) is 11.3 Å². The molecular formula is C11H18ClNO2. The van der Waals surface area contributed by atoms with E-state index in [1.54, 1.807) is 13.8 Å². The van der Waals surface area contributed by atoms with Crippen molar-refractivity contribution in [3.63, 3.8) is 0 Å². The van der Waals surface area contributed by atoms with Crippen LogP contribution >= 0.6 is 11.6 Å². The molecule has 0 radical (unpaired) electrons. The zero-order valence-electron chi connectivity index (χ0n) is 9.55. The molecule has 1 unspecified atom stereocenters. The fourth-order valence-corrected chi connectivity index (χ4v) is 1.79. The summed E-state index contributed by atoms with van der Waals surface area (Å²) in [5.74, 6) is 0.378. The lowest BCUT2D eigenvalue weighted by molar-refractivity contribution is -0.147. The molecule has 3 nitrogen and oxygen atoms in total. The molecule has 86 valence electrons. The summed E-state index contributed by atoms with van der Waals surface area (Å²) in [5.41, 5.74) is -0.639. The molecule has 1 aliphatic heterocycles. The molecule has 15 heavy (non-hydrogen) atoms. The van der Waals surface area contributed by atoms with Crippen LogP contribution in [0.4, 0.5) is 0 Å². The average molecular weight is 232 g/mol. The quantitative estimate of drug-likeness (QED) is 0.697. The van der Waals surface area contributed by atoms with E-state index < -0.39 is 5.41 Å². The maximum absolute atomic E-state index is 12.0. The number of carbonyl (C=O) groups excluding carboxylic acids is 2. The molecule has 0 aliphatic carbocycles. The maximum atomic E-state index is 12.0. The fourth-order valence-electron chi connectivity index (χ4n) is 1.67. The Kier molecular flexibility index (Phi) is 3.77. The highest BCUT2D eigenvalue weighted by molar-refractivity contribution is 6.20. The zero-order valence-corrected chi connectivity index (χ0v) is 10.3. The van der Waals surface area contributed by atoms with E-state index in [0.717, 1.165) is 6.42 Å². The van der Waals surface area contributed by atoms with Crippen molar-refractivity contribution in [1.29, 1.82) is 0 Å². The number of imide groups is 1. The summed E-state index contributed by atoms with van der Waals surface area (Å²) in [6, 6.07) is 0. The largest absolute Gasteiger partial charge is 0.282 e. The summed E-state index contributed by atoms with van der Waals surface area (Å²) >= 11 is 5.73. The van der Waals surface area contributed by atoms with E-state index in [-0.39, 0.29) is 17.7 Å². The minimum absolute atomic E-state index is 0.0509. The number of likely N-dealkylation sites (tertiary alicyclic amines) is 1. The summed E-state index contributed by atoms with van der Waals surface area (Å²) in [6.45, 7) is 6.15. The molecule has 1 aliphatic rings. The average Bonchev–Trinajstić information content (AvgIpc) is 2.58. The number of halogens is 1. The highest BCUT2D eigenvalue weighted by atomic mass is 35.5. The predicted molar refractivity (Wildman–Crippen MR) is 59.6 cm³/mol. The van der Waals surface area contributed by atoms with Gasteiger partial charge in [-0.25, -0.2) is 0 Å². The van der Waals surface area contributed by atoms with Crippen LogP contribution in [-0.4, -0.2) is 29.1 Å². The first-order chi connectivity index (χ1) is 6.92. The Morgan fingerprint density at radius 2 is 2.20 bits per heavy atom. The van der Waals surface area contributed by atoms with E-state index >= 15 is 0 Å². The van der Waals surface area contributed by atoms with E-state index in [0.29, 0.717) is 18.9 Å². The second-order valence-electron chi connectivity index (χ2n) is 4.81. The van der Waals surface area contributed by atoms with Gasteiger partial charge in [-0.1, -0.05) is 13.3 Å². The monoisotopic (exact) mass is 231 g/mol. The van der Waals surface area contributed by atoms with Crippen LogP contribution in [-0.2, 0) is 9.59 Å². The van der Waals surface area contributed by atoms with Crippen molar-refractivity contribution in [3.05, 3.63) is 0 Å². The van der Waals surface area contributed by atoms with E-state index in [9.17, 15) is 9.59 Å². The first-order valence-corrected chi connectivity index (χ1v) is 5.86. The SMILES string of the molecule is CCC1CC(=O)N(C(=O)C(C)(C)CCl)C1. The molecule has 0 saturated carbocycles. The molecule has 0 aromatic heterocycles. The van der Waals surface area contributed by atoms with Crippen LogP contribution in [0.15, 0.2) is 0 Å². The van der Waals surface area contributed by atoms with Crippen molar-refractivity contribution in [2.75, 3.05) is 12.4 Å². The topological polar surface area (TPSA) is 37.4 Å². The molecule has 1 rings (SSSR count). The third-order valence-corrected chi connectivity index (χ3v) is 3.61. The van der Waals surface area contributed by atoms with Gasteiger partial charge in [0, 0.05) is 18.8 Å². The minimum atomic E-state index is -0.639. The Morgan fingerprint density at radius 1 is 1.60 bits per heavy atom. The Balaban J connectivity index is 2.74. The summed E-state index contributed by atoms with van der Waals surface area (Å²) in [7, 11) is 0. The highest BCUT2D eigenvalue weighted by Gasteiger charge is 2.39. The minimum Gasteiger partial charge on any atom is -0.282 e.